The van der Waals surface area contributed by atoms with Crippen LogP contribution in [0.25, 0.3) is 0 Å². The monoisotopic (exact) mass is 482 g/mol. The SMILES string of the molecule is C[C@]12CC[C@H]3[C@@H](C[C@@H](Cc4ccccc4)[C@@]4(O)CC5(CC[C@]34C)OCCO5)[C@@H]1CCC21OCCO1. The molecule has 4 aliphatic carbocycles. The molecule has 2 spiro atoms. The smallest absolute Gasteiger partial charge is 0.174 e. The van der Waals surface area contributed by atoms with Gasteiger partial charge in [0.25, 0.3) is 0 Å². The Morgan fingerprint density at radius 2 is 1.46 bits per heavy atom. The second-order valence-corrected chi connectivity index (χ2v) is 13.1. The van der Waals surface area contributed by atoms with Crippen LogP contribution in [0.2, 0.25) is 0 Å². The number of hydrogen-bond acceptors (Lipinski definition) is 5. The molecule has 35 heavy (non-hydrogen) atoms. The molecule has 7 rings (SSSR count). The van der Waals surface area contributed by atoms with Crippen molar-refractivity contribution in [2.45, 2.75) is 88.8 Å². The van der Waals surface area contributed by atoms with Crippen LogP contribution in [0.15, 0.2) is 30.3 Å². The third kappa shape index (κ3) is 3.05. The summed E-state index contributed by atoms with van der Waals surface area (Å²) in [6.45, 7) is 7.62. The van der Waals surface area contributed by atoms with Crippen molar-refractivity contribution in [1.82, 2.24) is 0 Å². The van der Waals surface area contributed by atoms with Crippen molar-refractivity contribution in [2.24, 2.45) is 34.5 Å². The summed E-state index contributed by atoms with van der Waals surface area (Å²) in [4.78, 5) is 0. The van der Waals surface area contributed by atoms with E-state index in [1.165, 1.54) is 12.0 Å². The zero-order valence-corrected chi connectivity index (χ0v) is 21.5. The van der Waals surface area contributed by atoms with Crippen LogP contribution >= 0.6 is 0 Å². The highest BCUT2D eigenvalue weighted by Crippen LogP contribution is 2.72. The molecule has 1 N–H and O–H groups in total. The van der Waals surface area contributed by atoms with E-state index >= 15 is 0 Å². The van der Waals surface area contributed by atoms with Gasteiger partial charge in [0.05, 0.1) is 32.0 Å². The Bertz CT molecular complexity index is 953. The molecule has 6 fully saturated rings. The van der Waals surface area contributed by atoms with E-state index in [-0.39, 0.29) is 22.5 Å². The highest BCUT2D eigenvalue weighted by Gasteiger charge is 2.72. The molecule has 1 aromatic rings. The van der Waals surface area contributed by atoms with Gasteiger partial charge >= 0.3 is 0 Å². The Kier molecular flexibility index (Phi) is 5.14. The third-order valence-electron chi connectivity index (χ3n) is 12.0. The number of ether oxygens (including phenoxy) is 4. The third-order valence-corrected chi connectivity index (χ3v) is 12.0. The van der Waals surface area contributed by atoms with Crippen molar-refractivity contribution >= 4 is 0 Å². The lowest BCUT2D eigenvalue weighted by molar-refractivity contribution is -0.310. The molecule has 5 nitrogen and oxygen atoms in total. The molecule has 6 aliphatic rings. The fourth-order valence-corrected chi connectivity index (χ4v) is 10.2. The van der Waals surface area contributed by atoms with Gasteiger partial charge < -0.3 is 24.1 Å². The van der Waals surface area contributed by atoms with Crippen LogP contribution < -0.4 is 0 Å². The van der Waals surface area contributed by atoms with Crippen LogP contribution in [0.1, 0.15) is 70.8 Å². The lowest BCUT2D eigenvalue weighted by atomic mass is 9.40. The van der Waals surface area contributed by atoms with Gasteiger partial charge in [0.1, 0.15) is 0 Å². The highest BCUT2D eigenvalue weighted by atomic mass is 16.7. The Labute approximate surface area is 209 Å². The van der Waals surface area contributed by atoms with Gasteiger partial charge in [-0.15, -0.1) is 0 Å². The van der Waals surface area contributed by atoms with Crippen LogP contribution in [0.3, 0.4) is 0 Å². The fourth-order valence-electron chi connectivity index (χ4n) is 10.2. The summed E-state index contributed by atoms with van der Waals surface area (Å²) in [7, 11) is 0. The van der Waals surface area contributed by atoms with E-state index in [1.807, 2.05) is 0 Å². The van der Waals surface area contributed by atoms with Crippen molar-refractivity contribution in [1.29, 1.82) is 0 Å². The summed E-state index contributed by atoms with van der Waals surface area (Å²) < 4.78 is 25.2. The average Bonchev–Trinajstić information content (AvgIpc) is 3.58. The van der Waals surface area contributed by atoms with Gasteiger partial charge in [0.15, 0.2) is 11.6 Å². The van der Waals surface area contributed by atoms with Crippen molar-refractivity contribution in [3.05, 3.63) is 35.9 Å². The van der Waals surface area contributed by atoms with Gasteiger partial charge in [-0.2, -0.15) is 0 Å². The zero-order chi connectivity index (χ0) is 23.9. The maximum Gasteiger partial charge on any atom is 0.174 e. The topological polar surface area (TPSA) is 57.2 Å². The van der Waals surface area contributed by atoms with E-state index in [0.29, 0.717) is 37.4 Å². The maximum absolute atomic E-state index is 12.8. The maximum atomic E-state index is 12.8. The molecule has 2 aliphatic heterocycles. The molecule has 1 aromatic carbocycles. The number of rotatable bonds is 2. The minimum atomic E-state index is -0.795. The van der Waals surface area contributed by atoms with Gasteiger partial charge in [-0.3, -0.25) is 0 Å². The molecule has 2 heterocycles. The normalized spacial score (nSPS) is 47.5. The molecule has 0 unspecified atom stereocenters. The van der Waals surface area contributed by atoms with Gasteiger partial charge in [-0.25, -0.2) is 0 Å². The molecule has 192 valence electrons. The largest absolute Gasteiger partial charge is 0.389 e. The second-order valence-electron chi connectivity index (χ2n) is 13.1. The lowest BCUT2D eigenvalue weighted by Crippen LogP contribution is -2.69. The van der Waals surface area contributed by atoms with E-state index in [2.05, 4.69) is 44.2 Å². The molecule has 7 atom stereocenters. The van der Waals surface area contributed by atoms with E-state index in [1.54, 1.807) is 0 Å². The standard InChI is InChI=1S/C30H42O5/c1-26-12-13-28(32-14-15-33-28)20-29(26,31)22(18-21-6-4-3-5-7-21)19-23-24(26)8-10-27(2)25(23)9-11-30(27)34-16-17-35-30/h3-7,22-25,31H,8-20H2,1-2H3/t22-,23-,24+,25+,26-,27+,29+/m1/s1. The van der Waals surface area contributed by atoms with Crippen molar-refractivity contribution in [3.63, 3.8) is 0 Å². The van der Waals surface area contributed by atoms with E-state index < -0.39 is 11.4 Å². The predicted octanol–water partition coefficient (Wildman–Crippen LogP) is 5.10. The predicted molar refractivity (Wildman–Crippen MR) is 131 cm³/mol. The first kappa shape index (κ1) is 23.2. The quantitative estimate of drug-likeness (QED) is 0.636. The van der Waals surface area contributed by atoms with Crippen molar-refractivity contribution in [3.8, 4) is 0 Å². The molecular weight excluding hydrogens is 440 g/mol. The van der Waals surface area contributed by atoms with Crippen LogP contribution in [-0.2, 0) is 25.4 Å². The first-order chi connectivity index (χ1) is 16.8. The van der Waals surface area contributed by atoms with E-state index in [4.69, 9.17) is 18.9 Å². The summed E-state index contributed by atoms with van der Waals surface area (Å²) in [5.74, 6) is 0.919. The summed E-state index contributed by atoms with van der Waals surface area (Å²) in [6, 6.07) is 10.8. The van der Waals surface area contributed by atoms with Gasteiger partial charge in [-0.1, -0.05) is 44.2 Å². The van der Waals surface area contributed by atoms with Crippen LogP contribution in [-0.4, -0.2) is 48.7 Å². The van der Waals surface area contributed by atoms with Crippen LogP contribution in [0, 0.1) is 34.5 Å². The molecule has 0 amide bonds. The van der Waals surface area contributed by atoms with Crippen LogP contribution in [0.4, 0.5) is 0 Å². The first-order valence-corrected chi connectivity index (χ1v) is 14.2. The zero-order valence-electron chi connectivity index (χ0n) is 21.5. The van der Waals surface area contributed by atoms with Gasteiger partial charge in [0.2, 0.25) is 0 Å². The van der Waals surface area contributed by atoms with Crippen LogP contribution in [0.5, 0.6) is 0 Å². The number of hydrogen-bond donors (Lipinski definition) is 1. The Hall–Kier alpha value is -0.980. The first-order valence-electron chi connectivity index (χ1n) is 14.2. The summed E-state index contributed by atoms with van der Waals surface area (Å²) >= 11 is 0. The van der Waals surface area contributed by atoms with Gasteiger partial charge in [-0.05, 0) is 67.8 Å². The van der Waals surface area contributed by atoms with Crippen molar-refractivity contribution < 1.29 is 24.1 Å². The van der Waals surface area contributed by atoms with E-state index in [9.17, 15) is 5.11 Å². The number of aliphatic hydroxyl groups is 1. The number of benzene rings is 1. The van der Waals surface area contributed by atoms with Crippen molar-refractivity contribution in [2.75, 3.05) is 26.4 Å². The Balaban J connectivity index is 1.28. The summed E-state index contributed by atoms with van der Waals surface area (Å²) in [5, 5.41) is 12.8. The summed E-state index contributed by atoms with van der Waals surface area (Å²) in [6.07, 6.45) is 8.93. The fraction of sp³-hybridized carbons (Fsp3) is 0.800. The molecule has 0 aromatic heterocycles. The molecule has 2 saturated heterocycles. The molecule has 5 heteroatoms. The second kappa shape index (κ2) is 7.77. The lowest BCUT2D eigenvalue weighted by Gasteiger charge is -2.67. The highest BCUT2D eigenvalue weighted by molar-refractivity contribution is 5.23. The average molecular weight is 483 g/mol. The Morgan fingerprint density at radius 1 is 0.800 bits per heavy atom. The summed E-state index contributed by atoms with van der Waals surface area (Å²) in [5.41, 5.74) is 0.464. The Morgan fingerprint density at radius 3 is 2.20 bits per heavy atom. The molecule has 0 radical (unpaired) electrons. The van der Waals surface area contributed by atoms with E-state index in [0.717, 1.165) is 58.2 Å². The number of fused-ring (bicyclic) bond motifs is 6. The molecule has 4 saturated carbocycles. The van der Waals surface area contributed by atoms with Gasteiger partial charge in [0, 0.05) is 30.1 Å². The molecule has 0 bridgehead atoms. The minimum Gasteiger partial charge on any atom is -0.389 e. The molecular formula is C30H42O5. The minimum absolute atomic E-state index is 0.0708.